The van der Waals surface area contributed by atoms with E-state index in [0.29, 0.717) is 18.9 Å². The van der Waals surface area contributed by atoms with E-state index in [1.54, 1.807) is 12.1 Å². The quantitative estimate of drug-likeness (QED) is 0.850. The highest BCUT2D eigenvalue weighted by molar-refractivity contribution is 5.91. The number of ether oxygens (including phenoxy) is 1. The summed E-state index contributed by atoms with van der Waals surface area (Å²) in [6.07, 6.45) is 6.89. The standard InChI is InChI=1S/C17H21N3O3/c21-17(16-3-1-8-23-16)19-6-2-7-20-12-18-14(15(20)9-19)11-22-10-13-4-5-13/h1,3,8,12-13H,2,4-7,9-11H2. The molecule has 4 rings (SSSR count). The first-order chi connectivity index (χ1) is 11.3. The van der Waals surface area contributed by atoms with Crippen LogP contribution in [0.1, 0.15) is 41.2 Å². The van der Waals surface area contributed by atoms with Gasteiger partial charge in [-0.15, -0.1) is 0 Å². The first-order valence-corrected chi connectivity index (χ1v) is 8.24. The van der Waals surface area contributed by atoms with Crippen LogP contribution in [0.25, 0.3) is 0 Å². The van der Waals surface area contributed by atoms with E-state index in [1.165, 1.54) is 19.1 Å². The van der Waals surface area contributed by atoms with Crippen molar-refractivity contribution < 1.29 is 13.9 Å². The van der Waals surface area contributed by atoms with Gasteiger partial charge in [0.15, 0.2) is 5.76 Å². The van der Waals surface area contributed by atoms with Gasteiger partial charge in [-0.3, -0.25) is 4.79 Å². The van der Waals surface area contributed by atoms with E-state index in [2.05, 4.69) is 9.55 Å². The van der Waals surface area contributed by atoms with Crippen LogP contribution in [0.15, 0.2) is 29.1 Å². The molecule has 1 aliphatic heterocycles. The first kappa shape index (κ1) is 14.5. The Morgan fingerprint density at radius 2 is 2.30 bits per heavy atom. The summed E-state index contributed by atoms with van der Waals surface area (Å²) in [6, 6.07) is 3.45. The fraction of sp³-hybridized carbons (Fsp3) is 0.529. The Hall–Kier alpha value is -2.08. The normalized spacial score (nSPS) is 17.8. The van der Waals surface area contributed by atoms with Crippen LogP contribution in [-0.2, 0) is 24.4 Å². The van der Waals surface area contributed by atoms with Crippen molar-refractivity contribution in [3.63, 3.8) is 0 Å². The van der Waals surface area contributed by atoms with Crippen LogP contribution < -0.4 is 0 Å². The Bertz CT molecular complexity index is 673. The lowest BCUT2D eigenvalue weighted by Crippen LogP contribution is -2.30. The van der Waals surface area contributed by atoms with E-state index < -0.39 is 0 Å². The van der Waals surface area contributed by atoms with Crippen molar-refractivity contribution in [2.45, 2.75) is 39.0 Å². The Balaban J connectivity index is 1.48. The highest BCUT2D eigenvalue weighted by Crippen LogP contribution is 2.29. The van der Waals surface area contributed by atoms with Crippen molar-refractivity contribution >= 4 is 5.91 Å². The minimum atomic E-state index is -0.0606. The molecule has 1 aliphatic carbocycles. The molecule has 1 amide bonds. The SMILES string of the molecule is O=C(c1ccco1)N1CCCn2cnc(COCC3CC3)c2C1. The molecule has 0 aromatic carbocycles. The number of amides is 1. The third-order valence-electron chi connectivity index (χ3n) is 4.51. The number of aromatic nitrogens is 2. The van der Waals surface area contributed by atoms with Gasteiger partial charge in [0.1, 0.15) is 0 Å². The molecule has 2 aromatic heterocycles. The van der Waals surface area contributed by atoms with Crippen molar-refractivity contribution in [1.82, 2.24) is 14.5 Å². The molecule has 6 heteroatoms. The van der Waals surface area contributed by atoms with Crippen LogP contribution in [0.5, 0.6) is 0 Å². The van der Waals surface area contributed by atoms with Gasteiger partial charge < -0.3 is 18.6 Å². The number of imidazole rings is 1. The number of furan rings is 1. The molecule has 23 heavy (non-hydrogen) atoms. The van der Waals surface area contributed by atoms with Gasteiger partial charge in [-0.1, -0.05) is 0 Å². The smallest absolute Gasteiger partial charge is 0.289 e. The average Bonchev–Trinajstić information content (AvgIpc) is 3.14. The predicted octanol–water partition coefficient (Wildman–Crippen LogP) is 2.45. The topological polar surface area (TPSA) is 60.5 Å². The number of carbonyl (C=O) groups is 1. The number of fused-ring (bicyclic) bond motifs is 1. The summed E-state index contributed by atoms with van der Waals surface area (Å²) in [7, 11) is 0. The molecule has 0 atom stereocenters. The predicted molar refractivity (Wildman–Crippen MR) is 82.7 cm³/mol. The van der Waals surface area contributed by atoms with E-state index in [9.17, 15) is 4.79 Å². The van der Waals surface area contributed by atoms with Crippen molar-refractivity contribution in [1.29, 1.82) is 0 Å². The molecule has 6 nitrogen and oxygen atoms in total. The number of hydrogen-bond donors (Lipinski definition) is 0. The average molecular weight is 315 g/mol. The number of carbonyl (C=O) groups excluding carboxylic acids is 1. The molecule has 0 N–H and O–H groups in total. The summed E-state index contributed by atoms with van der Waals surface area (Å²) in [4.78, 5) is 18.9. The largest absolute Gasteiger partial charge is 0.459 e. The Labute approximate surface area is 135 Å². The number of hydrogen-bond acceptors (Lipinski definition) is 4. The minimum absolute atomic E-state index is 0.0606. The Morgan fingerprint density at radius 3 is 3.09 bits per heavy atom. The maximum absolute atomic E-state index is 12.5. The summed E-state index contributed by atoms with van der Waals surface area (Å²) >= 11 is 0. The fourth-order valence-corrected chi connectivity index (χ4v) is 2.97. The van der Waals surface area contributed by atoms with Gasteiger partial charge in [-0.2, -0.15) is 0 Å². The van der Waals surface area contributed by atoms with Crippen LogP contribution in [0.3, 0.4) is 0 Å². The lowest BCUT2D eigenvalue weighted by molar-refractivity contribution is 0.0709. The summed E-state index contributed by atoms with van der Waals surface area (Å²) < 4.78 is 13.2. The summed E-state index contributed by atoms with van der Waals surface area (Å²) in [5.41, 5.74) is 2.03. The van der Waals surface area contributed by atoms with Crippen LogP contribution in [0.2, 0.25) is 0 Å². The Kier molecular flexibility index (Phi) is 3.91. The number of rotatable bonds is 5. The lowest BCUT2D eigenvalue weighted by atomic mass is 10.3. The molecular weight excluding hydrogens is 294 g/mol. The molecule has 0 unspecified atom stereocenters. The number of aryl methyl sites for hydroxylation is 1. The second-order valence-corrected chi connectivity index (χ2v) is 6.35. The van der Waals surface area contributed by atoms with Gasteiger partial charge in [0, 0.05) is 19.7 Å². The van der Waals surface area contributed by atoms with E-state index in [4.69, 9.17) is 9.15 Å². The lowest BCUT2D eigenvalue weighted by Gasteiger charge is -2.19. The maximum atomic E-state index is 12.5. The second kappa shape index (κ2) is 6.20. The first-order valence-electron chi connectivity index (χ1n) is 8.24. The molecule has 1 saturated carbocycles. The van der Waals surface area contributed by atoms with E-state index in [0.717, 1.165) is 43.4 Å². The second-order valence-electron chi connectivity index (χ2n) is 6.35. The summed E-state index contributed by atoms with van der Waals surface area (Å²) in [5.74, 6) is 1.08. The van der Waals surface area contributed by atoms with Gasteiger partial charge in [-0.25, -0.2) is 4.98 Å². The van der Waals surface area contributed by atoms with E-state index in [-0.39, 0.29) is 5.91 Å². The van der Waals surface area contributed by atoms with Crippen molar-refractivity contribution in [2.24, 2.45) is 5.92 Å². The molecule has 0 saturated heterocycles. The zero-order chi connectivity index (χ0) is 15.6. The molecule has 0 spiro atoms. The molecule has 3 heterocycles. The van der Waals surface area contributed by atoms with Crippen molar-refractivity contribution in [3.05, 3.63) is 41.9 Å². The van der Waals surface area contributed by atoms with Gasteiger partial charge in [0.05, 0.1) is 37.1 Å². The van der Waals surface area contributed by atoms with Crippen molar-refractivity contribution in [3.8, 4) is 0 Å². The maximum Gasteiger partial charge on any atom is 0.289 e. The number of nitrogens with zero attached hydrogens (tertiary/aromatic N) is 3. The molecule has 0 bridgehead atoms. The highest BCUT2D eigenvalue weighted by Gasteiger charge is 2.25. The third kappa shape index (κ3) is 3.17. The van der Waals surface area contributed by atoms with Crippen LogP contribution in [-0.4, -0.2) is 33.5 Å². The summed E-state index contributed by atoms with van der Waals surface area (Å²) in [6.45, 7) is 3.51. The van der Waals surface area contributed by atoms with E-state index >= 15 is 0 Å². The third-order valence-corrected chi connectivity index (χ3v) is 4.51. The van der Waals surface area contributed by atoms with Crippen molar-refractivity contribution in [2.75, 3.05) is 13.2 Å². The van der Waals surface area contributed by atoms with E-state index in [1.807, 2.05) is 11.2 Å². The zero-order valence-corrected chi connectivity index (χ0v) is 13.1. The van der Waals surface area contributed by atoms with Gasteiger partial charge in [0.2, 0.25) is 0 Å². The highest BCUT2D eigenvalue weighted by atomic mass is 16.5. The van der Waals surface area contributed by atoms with Crippen LogP contribution in [0, 0.1) is 5.92 Å². The van der Waals surface area contributed by atoms with Crippen LogP contribution in [0.4, 0.5) is 0 Å². The molecule has 2 aliphatic rings. The molecule has 1 fully saturated rings. The fourth-order valence-electron chi connectivity index (χ4n) is 2.97. The van der Waals surface area contributed by atoms with Gasteiger partial charge in [0.25, 0.3) is 5.91 Å². The van der Waals surface area contributed by atoms with Crippen LogP contribution >= 0.6 is 0 Å². The molecular formula is C17H21N3O3. The van der Waals surface area contributed by atoms with Gasteiger partial charge >= 0.3 is 0 Å². The molecule has 122 valence electrons. The summed E-state index contributed by atoms with van der Waals surface area (Å²) in [5, 5.41) is 0. The minimum Gasteiger partial charge on any atom is -0.459 e. The van der Waals surface area contributed by atoms with Gasteiger partial charge in [-0.05, 0) is 37.3 Å². The Morgan fingerprint density at radius 1 is 1.39 bits per heavy atom. The monoisotopic (exact) mass is 315 g/mol. The zero-order valence-electron chi connectivity index (χ0n) is 13.1. The molecule has 0 radical (unpaired) electrons. The molecule has 2 aromatic rings.